The van der Waals surface area contributed by atoms with Crippen LogP contribution >= 0.6 is 0 Å². The van der Waals surface area contributed by atoms with E-state index in [-0.39, 0.29) is 0 Å². The van der Waals surface area contributed by atoms with E-state index < -0.39 is 0 Å². The summed E-state index contributed by atoms with van der Waals surface area (Å²) in [4.78, 5) is 7.35. The lowest BCUT2D eigenvalue weighted by molar-refractivity contribution is 1.07. The highest BCUT2D eigenvalue weighted by Gasteiger charge is 2.07. The fourth-order valence-electron chi connectivity index (χ4n) is 1.56. The summed E-state index contributed by atoms with van der Waals surface area (Å²) in [6.45, 7) is 2.55. The predicted molar refractivity (Wildman–Crippen MR) is 56.7 cm³/mol. The number of nitrogens with zero attached hydrogens (tertiary/aromatic N) is 1. The molecule has 1 aromatic heterocycles. The van der Waals surface area contributed by atoms with Gasteiger partial charge in [-0.2, -0.15) is 0 Å². The molecule has 0 aliphatic carbocycles. The minimum absolute atomic E-state index is 0.544. The standard InChI is InChI=1S/C11H13N3/c1-8-11(14-7-13-8)10-5-3-2-4-9(10)6-12/h2-5,7H,6,12H2,1H3,(H,13,14). The first kappa shape index (κ1) is 8.97. The lowest BCUT2D eigenvalue weighted by Gasteiger charge is -2.05. The number of imidazole rings is 1. The third-order valence-corrected chi connectivity index (χ3v) is 2.32. The van der Waals surface area contributed by atoms with Crippen LogP contribution in [0.25, 0.3) is 11.3 Å². The number of rotatable bonds is 2. The van der Waals surface area contributed by atoms with Crippen molar-refractivity contribution >= 4 is 0 Å². The first-order valence-corrected chi connectivity index (χ1v) is 4.61. The van der Waals surface area contributed by atoms with Crippen molar-refractivity contribution in [3.05, 3.63) is 41.9 Å². The maximum atomic E-state index is 5.67. The molecule has 0 bridgehead atoms. The Morgan fingerprint density at radius 2 is 2.14 bits per heavy atom. The van der Waals surface area contributed by atoms with E-state index in [0.717, 1.165) is 22.5 Å². The molecule has 1 heterocycles. The van der Waals surface area contributed by atoms with Gasteiger partial charge in [0, 0.05) is 17.8 Å². The Morgan fingerprint density at radius 3 is 2.79 bits per heavy atom. The van der Waals surface area contributed by atoms with Gasteiger partial charge in [-0.25, -0.2) is 4.98 Å². The Hall–Kier alpha value is -1.61. The smallest absolute Gasteiger partial charge is 0.0929 e. The Morgan fingerprint density at radius 1 is 1.36 bits per heavy atom. The molecule has 0 atom stereocenters. The van der Waals surface area contributed by atoms with Crippen LogP contribution in [0.4, 0.5) is 0 Å². The molecule has 1 aromatic carbocycles. The van der Waals surface area contributed by atoms with Gasteiger partial charge in [0.25, 0.3) is 0 Å². The van der Waals surface area contributed by atoms with Gasteiger partial charge < -0.3 is 10.7 Å². The van der Waals surface area contributed by atoms with Gasteiger partial charge in [-0.1, -0.05) is 24.3 Å². The van der Waals surface area contributed by atoms with Gasteiger partial charge in [0.1, 0.15) is 0 Å². The molecule has 0 aliphatic rings. The van der Waals surface area contributed by atoms with E-state index in [4.69, 9.17) is 5.73 Å². The molecule has 0 unspecified atom stereocenters. The number of aryl methyl sites for hydroxylation is 1. The maximum Gasteiger partial charge on any atom is 0.0929 e. The van der Waals surface area contributed by atoms with Crippen LogP contribution in [-0.2, 0) is 6.54 Å². The number of H-pyrrole nitrogens is 1. The van der Waals surface area contributed by atoms with E-state index in [0.29, 0.717) is 6.54 Å². The molecule has 14 heavy (non-hydrogen) atoms. The van der Waals surface area contributed by atoms with Gasteiger partial charge in [-0.05, 0) is 12.5 Å². The lowest BCUT2D eigenvalue weighted by Crippen LogP contribution is -1.99. The fraction of sp³-hybridized carbons (Fsp3) is 0.182. The third kappa shape index (κ3) is 1.42. The summed E-state index contributed by atoms with van der Waals surface area (Å²) in [7, 11) is 0. The zero-order chi connectivity index (χ0) is 9.97. The summed E-state index contributed by atoms with van der Waals surface area (Å²) < 4.78 is 0. The summed E-state index contributed by atoms with van der Waals surface area (Å²) in [5.74, 6) is 0. The maximum absolute atomic E-state index is 5.67. The van der Waals surface area contributed by atoms with Crippen LogP contribution in [-0.4, -0.2) is 9.97 Å². The Labute approximate surface area is 83.0 Å². The predicted octanol–water partition coefficient (Wildman–Crippen LogP) is 1.84. The van der Waals surface area contributed by atoms with Crippen LogP contribution in [0.3, 0.4) is 0 Å². The first-order valence-electron chi connectivity index (χ1n) is 4.61. The number of nitrogens with one attached hydrogen (secondary N) is 1. The average Bonchev–Trinajstić information content (AvgIpc) is 2.64. The number of hydrogen-bond donors (Lipinski definition) is 2. The number of hydrogen-bond acceptors (Lipinski definition) is 2. The molecular formula is C11H13N3. The molecule has 72 valence electrons. The monoisotopic (exact) mass is 187 g/mol. The van der Waals surface area contributed by atoms with Crippen molar-refractivity contribution in [3.8, 4) is 11.3 Å². The highest BCUT2D eigenvalue weighted by atomic mass is 14.9. The van der Waals surface area contributed by atoms with Gasteiger partial charge in [-0.3, -0.25) is 0 Å². The number of aromatic amines is 1. The van der Waals surface area contributed by atoms with E-state index in [1.54, 1.807) is 6.33 Å². The molecule has 0 spiro atoms. The average molecular weight is 187 g/mol. The highest BCUT2D eigenvalue weighted by molar-refractivity contribution is 5.65. The quantitative estimate of drug-likeness (QED) is 0.753. The zero-order valence-electron chi connectivity index (χ0n) is 8.12. The lowest BCUT2D eigenvalue weighted by atomic mass is 10.0. The fourth-order valence-corrected chi connectivity index (χ4v) is 1.56. The van der Waals surface area contributed by atoms with Crippen molar-refractivity contribution in [3.63, 3.8) is 0 Å². The Balaban J connectivity index is 2.56. The molecule has 0 saturated carbocycles. The molecule has 0 radical (unpaired) electrons. The van der Waals surface area contributed by atoms with E-state index in [2.05, 4.69) is 9.97 Å². The minimum Gasteiger partial charge on any atom is -0.348 e. The molecule has 0 fully saturated rings. The second-order valence-corrected chi connectivity index (χ2v) is 3.24. The normalized spacial score (nSPS) is 10.4. The van der Waals surface area contributed by atoms with Gasteiger partial charge in [0.2, 0.25) is 0 Å². The Kier molecular flexibility index (Phi) is 2.33. The van der Waals surface area contributed by atoms with Crippen LogP contribution in [0.15, 0.2) is 30.6 Å². The van der Waals surface area contributed by atoms with Crippen molar-refractivity contribution in [2.24, 2.45) is 5.73 Å². The van der Waals surface area contributed by atoms with E-state index >= 15 is 0 Å². The van der Waals surface area contributed by atoms with Gasteiger partial charge in [0.05, 0.1) is 12.0 Å². The van der Waals surface area contributed by atoms with Crippen LogP contribution in [0.1, 0.15) is 11.3 Å². The van der Waals surface area contributed by atoms with E-state index in [1.807, 2.05) is 31.2 Å². The second-order valence-electron chi connectivity index (χ2n) is 3.24. The largest absolute Gasteiger partial charge is 0.348 e. The topological polar surface area (TPSA) is 54.7 Å². The summed E-state index contributed by atoms with van der Waals surface area (Å²) >= 11 is 0. The van der Waals surface area contributed by atoms with E-state index in [1.165, 1.54) is 0 Å². The van der Waals surface area contributed by atoms with Crippen molar-refractivity contribution in [1.82, 2.24) is 9.97 Å². The molecule has 2 aromatic rings. The molecule has 3 nitrogen and oxygen atoms in total. The zero-order valence-corrected chi connectivity index (χ0v) is 8.12. The van der Waals surface area contributed by atoms with Crippen LogP contribution < -0.4 is 5.73 Å². The summed E-state index contributed by atoms with van der Waals surface area (Å²) in [6.07, 6.45) is 1.71. The summed E-state index contributed by atoms with van der Waals surface area (Å²) in [5, 5.41) is 0. The molecule has 3 N–H and O–H groups in total. The van der Waals surface area contributed by atoms with Gasteiger partial charge in [0.15, 0.2) is 0 Å². The minimum atomic E-state index is 0.544. The van der Waals surface area contributed by atoms with Crippen LogP contribution in [0.5, 0.6) is 0 Å². The third-order valence-electron chi connectivity index (χ3n) is 2.32. The number of benzene rings is 1. The first-order chi connectivity index (χ1) is 6.83. The molecular weight excluding hydrogens is 174 g/mol. The highest BCUT2D eigenvalue weighted by Crippen LogP contribution is 2.23. The second kappa shape index (κ2) is 3.64. The van der Waals surface area contributed by atoms with Crippen molar-refractivity contribution in [2.45, 2.75) is 13.5 Å². The van der Waals surface area contributed by atoms with Crippen molar-refractivity contribution in [1.29, 1.82) is 0 Å². The van der Waals surface area contributed by atoms with Gasteiger partial charge >= 0.3 is 0 Å². The molecule has 2 rings (SSSR count). The summed E-state index contributed by atoms with van der Waals surface area (Å²) in [5.41, 5.74) is 9.98. The van der Waals surface area contributed by atoms with Crippen molar-refractivity contribution < 1.29 is 0 Å². The SMILES string of the molecule is Cc1[nH]cnc1-c1ccccc1CN. The summed E-state index contributed by atoms with van der Waals surface area (Å²) in [6, 6.07) is 8.07. The number of nitrogens with two attached hydrogens (primary N) is 1. The van der Waals surface area contributed by atoms with E-state index in [9.17, 15) is 0 Å². The molecule has 0 saturated heterocycles. The van der Waals surface area contributed by atoms with Crippen LogP contribution in [0, 0.1) is 6.92 Å². The number of aromatic nitrogens is 2. The van der Waals surface area contributed by atoms with Crippen molar-refractivity contribution in [2.75, 3.05) is 0 Å². The van der Waals surface area contributed by atoms with Crippen LogP contribution in [0.2, 0.25) is 0 Å². The van der Waals surface area contributed by atoms with Gasteiger partial charge in [-0.15, -0.1) is 0 Å². The molecule has 0 amide bonds. The Bertz CT molecular complexity index is 432. The molecule has 0 aliphatic heterocycles. The molecule has 3 heteroatoms.